The lowest BCUT2D eigenvalue weighted by atomic mass is 9.66. The minimum Gasteiger partial charge on any atom is -0.369 e. The number of hydrogen-bond donors (Lipinski definition) is 2. The monoisotopic (exact) mass is 236 g/mol. The predicted molar refractivity (Wildman–Crippen MR) is 65.2 cm³/mol. The van der Waals surface area contributed by atoms with E-state index < -0.39 is 0 Å². The maximum atomic E-state index is 12.2. The minimum absolute atomic E-state index is 0.0191. The fourth-order valence-corrected chi connectivity index (χ4v) is 2.43. The molecule has 94 valence electrons. The van der Waals surface area contributed by atoms with Gasteiger partial charge in [0.25, 0.3) is 0 Å². The molecule has 0 radical (unpaired) electrons. The summed E-state index contributed by atoms with van der Waals surface area (Å²) in [5, 5.41) is 6.14. The number of hydrogen-bond acceptors (Lipinski definition) is 4. The van der Waals surface area contributed by atoms with Crippen LogP contribution in [0.15, 0.2) is 11.4 Å². The molecule has 1 saturated carbocycles. The first-order valence-electron chi connectivity index (χ1n) is 6.22. The predicted octanol–water partition coefficient (Wildman–Crippen LogP) is 0.985. The topological polar surface area (TPSA) is 58.2 Å². The summed E-state index contributed by atoms with van der Waals surface area (Å²) < 4.78 is 0. The number of rotatable bonds is 1. The SMILES string of the molecule is CC(C)C1(C)CC(=O)C(=C2NCCN2)C(=O)C1. The van der Waals surface area contributed by atoms with Gasteiger partial charge in [-0.3, -0.25) is 9.59 Å². The van der Waals surface area contributed by atoms with Gasteiger partial charge < -0.3 is 10.6 Å². The first-order valence-corrected chi connectivity index (χ1v) is 6.22. The van der Waals surface area contributed by atoms with Crippen molar-refractivity contribution in [2.45, 2.75) is 33.6 Å². The van der Waals surface area contributed by atoms with Gasteiger partial charge in [-0.2, -0.15) is 0 Å². The quantitative estimate of drug-likeness (QED) is 0.526. The molecule has 4 nitrogen and oxygen atoms in total. The van der Waals surface area contributed by atoms with Crippen molar-refractivity contribution in [1.29, 1.82) is 0 Å². The highest BCUT2D eigenvalue weighted by molar-refractivity contribution is 6.22. The lowest BCUT2D eigenvalue weighted by Crippen LogP contribution is -2.39. The highest BCUT2D eigenvalue weighted by Gasteiger charge is 2.42. The van der Waals surface area contributed by atoms with Crippen LogP contribution in [0.5, 0.6) is 0 Å². The molecule has 0 aromatic carbocycles. The van der Waals surface area contributed by atoms with Crippen molar-refractivity contribution >= 4 is 11.6 Å². The Kier molecular flexibility index (Phi) is 2.98. The second-order valence-electron chi connectivity index (χ2n) is 5.61. The van der Waals surface area contributed by atoms with Crippen LogP contribution in [0.2, 0.25) is 0 Å². The first kappa shape index (κ1) is 12.1. The highest BCUT2D eigenvalue weighted by atomic mass is 16.2. The third-order valence-corrected chi connectivity index (χ3v) is 4.06. The second-order valence-corrected chi connectivity index (χ2v) is 5.61. The molecule has 0 aromatic heterocycles. The van der Waals surface area contributed by atoms with Gasteiger partial charge in [-0.15, -0.1) is 0 Å². The van der Waals surface area contributed by atoms with Gasteiger partial charge in [0, 0.05) is 25.9 Å². The Hall–Kier alpha value is -1.32. The number of ketones is 2. The van der Waals surface area contributed by atoms with Crippen LogP contribution in [0.3, 0.4) is 0 Å². The molecule has 2 aliphatic rings. The Bertz CT molecular complexity index is 368. The number of carbonyl (C=O) groups is 2. The summed E-state index contributed by atoms with van der Waals surface area (Å²) in [4.78, 5) is 24.3. The molecule has 2 N–H and O–H groups in total. The second kappa shape index (κ2) is 4.17. The number of carbonyl (C=O) groups excluding carboxylic acids is 2. The Morgan fingerprint density at radius 2 is 1.53 bits per heavy atom. The summed E-state index contributed by atoms with van der Waals surface area (Å²) in [5.41, 5.74) is 0.178. The van der Waals surface area contributed by atoms with Crippen LogP contribution in [-0.4, -0.2) is 24.7 Å². The van der Waals surface area contributed by atoms with E-state index in [1.54, 1.807) is 0 Å². The minimum atomic E-state index is -0.184. The van der Waals surface area contributed by atoms with Gasteiger partial charge in [0.1, 0.15) is 11.4 Å². The summed E-state index contributed by atoms with van der Waals surface area (Å²) in [7, 11) is 0. The van der Waals surface area contributed by atoms with Crippen LogP contribution in [0.25, 0.3) is 0 Å². The Morgan fingerprint density at radius 1 is 1.06 bits per heavy atom. The van der Waals surface area contributed by atoms with Crippen LogP contribution >= 0.6 is 0 Å². The summed E-state index contributed by atoms with van der Waals surface area (Å²) in [5.74, 6) is 0.945. The molecule has 0 bridgehead atoms. The van der Waals surface area contributed by atoms with Crippen molar-refractivity contribution in [2.24, 2.45) is 11.3 Å². The normalized spacial score (nSPS) is 29.6. The molecule has 0 amide bonds. The maximum absolute atomic E-state index is 12.2. The van der Waals surface area contributed by atoms with E-state index in [4.69, 9.17) is 0 Å². The summed E-state index contributed by atoms with van der Waals surface area (Å²) in [6.07, 6.45) is 0.942. The third-order valence-electron chi connectivity index (χ3n) is 4.06. The lowest BCUT2D eigenvalue weighted by Gasteiger charge is -2.36. The largest absolute Gasteiger partial charge is 0.369 e. The number of Topliss-reactive ketones (excluding diaryl/α,β-unsaturated/α-hetero) is 2. The van der Waals surface area contributed by atoms with E-state index in [0.29, 0.717) is 30.2 Å². The smallest absolute Gasteiger partial charge is 0.170 e. The highest BCUT2D eigenvalue weighted by Crippen LogP contribution is 2.40. The average molecular weight is 236 g/mol. The Labute approximate surface area is 102 Å². The van der Waals surface area contributed by atoms with Crippen LogP contribution in [0, 0.1) is 11.3 Å². The Morgan fingerprint density at radius 3 is 1.94 bits per heavy atom. The number of nitrogens with one attached hydrogen (secondary N) is 2. The molecule has 1 saturated heterocycles. The number of allylic oxidation sites excluding steroid dienone is 1. The molecule has 2 rings (SSSR count). The zero-order valence-electron chi connectivity index (χ0n) is 10.7. The molecule has 2 fully saturated rings. The van der Waals surface area contributed by atoms with Crippen molar-refractivity contribution < 1.29 is 9.59 Å². The van der Waals surface area contributed by atoms with Crippen molar-refractivity contribution in [3.05, 3.63) is 11.4 Å². The van der Waals surface area contributed by atoms with E-state index in [1.807, 2.05) is 6.92 Å². The van der Waals surface area contributed by atoms with Gasteiger partial charge >= 0.3 is 0 Å². The van der Waals surface area contributed by atoms with Crippen molar-refractivity contribution in [3.63, 3.8) is 0 Å². The molecule has 4 heteroatoms. The van der Waals surface area contributed by atoms with E-state index in [2.05, 4.69) is 24.5 Å². The molecule has 1 aliphatic heterocycles. The van der Waals surface area contributed by atoms with E-state index in [1.165, 1.54) is 0 Å². The summed E-state index contributed by atoms with van der Waals surface area (Å²) >= 11 is 0. The van der Waals surface area contributed by atoms with Crippen molar-refractivity contribution in [1.82, 2.24) is 10.6 Å². The summed E-state index contributed by atoms with van der Waals surface area (Å²) in [6, 6.07) is 0. The zero-order valence-corrected chi connectivity index (χ0v) is 10.7. The molecule has 0 spiro atoms. The summed E-state index contributed by atoms with van der Waals surface area (Å²) in [6.45, 7) is 7.74. The van der Waals surface area contributed by atoms with Gasteiger partial charge in [0.05, 0.1) is 0 Å². The zero-order chi connectivity index (χ0) is 12.6. The van der Waals surface area contributed by atoms with Crippen molar-refractivity contribution in [2.75, 3.05) is 13.1 Å². The standard InChI is InChI=1S/C13H20N2O2/c1-8(2)13(3)6-9(16)11(10(17)7-13)12-14-4-5-15-12/h8,14-15H,4-7H2,1-3H3. The van der Waals surface area contributed by atoms with Crippen molar-refractivity contribution in [3.8, 4) is 0 Å². The third kappa shape index (κ3) is 2.08. The first-order chi connectivity index (χ1) is 7.94. The molecule has 0 aromatic rings. The van der Waals surface area contributed by atoms with Gasteiger partial charge in [-0.25, -0.2) is 0 Å². The van der Waals surface area contributed by atoms with E-state index >= 15 is 0 Å². The van der Waals surface area contributed by atoms with E-state index in [0.717, 1.165) is 13.1 Å². The fraction of sp³-hybridized carbons (Fsp3) is 0.692. The van der Waals surface area contributed by atoms with Crippen LogP contribution < -0.4 is 10.6 Å². The molecule has 1 heterocycles. The van der Waals surface area contributed by atoms with Gasteiger partial charge in [-0.1, -0.05) is 20.8 Å². The van der Waals surface area contributed by atoms with Gasteiger partial charge in [-0.05, 0) is 11.3 Å². The van der Waals surface area contributed by atoms with Gasteiger partial charge in [0.15, 0.2) is 11.6 Å². The fourth-order valence-electron chi connectivity index (χ4n) is 2.43. The molecule has 17 heavy (non-hydrogen) atoms. The van der Waals surface area contributed by atoms with E-state index in [-0.39, 0.29) is 17.0 Å². The Balaban J connectivity index is 2.29. The molecular formula is C13H20N2O2. The lowest BCUT2D eigenvalue weighted by molar-refractivity contribution is -0.129. The van der Waals surface area contributed by atoms with Gasteiger partial charge in [0.2, 0.25) is 0 Å². The molecule has 0 atom stereocenters. The average Bonchev–Trinajstić information content (AvgIpc) is 2.69. The molecule has 0 unspecified atom stereocenters. The van der Waals surface area contributed by atoms with Crippen LogP contribution in [-0.2, 0) is 9.59 Å². The van der Waals surface area contributed by atoms with Crippen LogP contribution in [0.4, 0.5) is 0 Å². The van der Waals surface area contributed by atoms with E-state index in [9.17, 15) is 9.59 Å². The molecular weight excluding hydrogens is 216 g/mol. The molecule has 1 aliphatic carbocycles. The maximum Gasteiger partial charge on any atom is 0.170 e. The van der Waals surface area contributed by atoms with Crippen LogP contribution in [0.1, 0.15) is 33.6 Å².